The third kappa shape index (κ3) is 3.36. The number of para-hydroxylation sites is 1. The fourth-order valence-electron chi connectivity index (χ4n) is 2.36. The van der Waals surface area contributed by atoms with E-state index in [1.165, 1.54) is 6.07 Å². The summed E-state index contributed by atoms with van der Waals surface area (Å²) < 4.78 is 5.77. The van der Waals surface area contributed by atoms with Crippen molar-refractivity contribution in [3.8, 4) is 5.75 Å². The third-order valence-electron chi connectivity index (χ3n) is 3.42. The normalized spacial score (nSPS) is 23.7. The molecule has 0 spiro atoms. The van der Waals surface area contributed by atoms with E-state index in [1.54, 1.807) is 12.1 Å². The Bertz CT molecular complexity index is 467. The Hall–Kier alpha value is -1.33. The highest BCUT2D eigenvalue weighted by molar-refractivity contribution is 6.32. The Morgan fingerprint density at radius 1 is 1.32 bits per heavy atom. The maximum Gasteiger partial charge on any atom is 0.312 e. The van der Waals surface area contributed by atoms with Crippen molar-refractivity contribution in [2.24, 2.45) is 5.73 Å². The van der Waals surface area contributed by atoms with Gasteiger partial charge in [0.2, 0.25) is 5.75 Å². The number of hydrogen-bond donors (Lipinski definition) is 1. The van der Waals surface area contributed by atoms with E-state index in [2.05, 4.69) is 0 Å². The second-order valence-corrected chi connectivity index (χ2v) is 5.21. The minimum Gasteiger partial charge on any atom is -0.481 e. The molecule has 0 amide bonds. The number of hydrogen-bond acceptors (Lipinski definition) is 4. The van der Waals surface area contributed by atoms with Gasteiger partial charge >= 0.3 is 5.69 Å². The second-order valence-electron chi connectivity index (χ2n) is 4.80. The molecule has 0 saturated heterocycles. The summed E-state index contributed by atoms with van der Waals surface area (Å²) in [5.74, 6) is 0.136. The van der Waals surface area contributed by atoms with Crippen LogP contribution in [-0.4, -0.2) is 17.1 Å². The molecule has 0 bridgehead atoms. The standard InChI is InChI=1S/C13H17ClN2O3/c14-9-5-4-7-11(16(17)18)13(9)19-12-8-3-1-2-6-10(12)15/h4-5,7,10,12H,1-3,6,8,15H2. The summed E-state index contributed by atoms with van der Waals surface area (Å²) in [4.78, 5) is 10.5. The number of rotatable bonds is 3. The average Bonchev–Trinajstić information content (AvgIpc) is 2.57. The van der Waals surface area contributed by atoms with Crippen LogP contribution in [0, 0.1) is 10.1 Å². The molecule has 1 aromatic carbocycles. The van der Waals surface area contributed by atoms with Crippen LogP contribution in [-0.2, 0) is 0 Å². The van der Waals surface area contributed by atoms with Crippen LogP contribution >= 0.6 is 11.6 Å². The molecule has 0 aliphatic heterocycles. The van der Waals surface area contributed by atoms with E-state index in [0.717, 1.165) is 32.1 Å². The van der Waals surface area contributed by atoms with Crippen molar-refractivity contribution in [1.82, 2.24) is 0 Å². The maximum absolute atomic E-state index is 11.0. The van der Waals surface area contributed by atoms with Crippen molar-refractivity contribution in [2.45, 2.75) is 44.2 Å². The molecule has 2 rings (SSSR count). The third-order valence-corrected chi connectivity index (χ3v) is 3.71. The first kappa shape index (κ1) is 14.1. The molecule has 1 saturated carbocycles. The molecule has 1 aliphatic carbocycles. The maximum atomic E-state index is 11.0. The summed E-state index contributed by atoms with van der Waals surface area (Å²) in [6.45, 7) is 0. The zero-order chi connectivity index (χ0) is 13.8. The summed E-state index contributed by atoms with van der Waals surface area (Å²) in [5, 5.41) is 11.3. The highest BCUT2D eigenvalue weighted by Crippen LogP contribution is 2.36. The van der Waals surface area contributed by atoms with Gasteiger partial charge in [0.25, 0.3) is 0 Å². The van der Waals surface area contributed by atoms with Gasteiger partial charge in [-0.2, -0.15) is 0 Å². The predicted molar refractivity (Wildman–Crippen MR) is 73.6 cm³/mol. The smallest absolute Gasteiger partial charge is 0.312 e. The van der Waals surface area contributed by atoms with Crippen LogP contribution in [0.15, 0.2) is 18.2 Å². The van der Waals surface area contributed by atoms with Gasteiger partial charge in [0.15, 0.2) is 0 Å². The highest BCUT2D eigenvalue weighted by atomic mass is 35.5. The number of nitro benzene ring substituents is 1. The van der Waals surface area contributed by atoms with Gasteiger partial charge in [0.05, 0.1) is 9.95 Å². The zero-order valence-corrected chi connectivity index (χ0v) is 11.3. The first-order chi connectivity index (χ1) is 9.09. The molecule has 5 nitrogen and oxygen atoms in total. The van der Waals surface area contributed by atoms with Crippen LogP contribution in [0.5, 0.6) is 5.75 Å². The van der Waals surface area contributed by atoms with Crippen LogP contribution in [0.3, 0.4) is 0 Å². The average molecular weight is 285 g/mol. The molecule has 1 aliphatic rings. The molecule has 19 heavy (non-hydrogen) atoms. The molecule has 0 heterocycles. The number of nitro groups is 1. The fraction of sp³-hybridized carbons (Fsp3) is 0.538. The van der Waals surface area contributed by atoms with Crippen LogP contribution in [0.1, 0.15) is 32.1 Å². The van der Waals surface area contributed by atoms with E-state index >= 15 is 0 Å². The van der Waals surface area contributed by atoms with E-state index in [9.17, 15) is 10.1 Å². The largest absolute Gasteiger partial charge is 0.481 e. The van der Waals surface area contributed by atoms with Crippen molar-refractivity contribution >= 4 is 17.3 Å². The van der Waals surface area contributed by atoms with Crippen molar-refractivity contribution in [3.05, 3.63) is 33.3 Å². The van der Waals surface area contributed by atoms with Gasteiger partial charge in [-0.25, -0.2) is 0 Å². The van der Waals surface area contributed by atoms with E-state index in [-0.39, 0.29) is 28.6 Å². The Kier molecular flexibility index (Phi) is 4.61. The summed E-state index contributed by atoms with van der Waals surface area (Å²) >= 11 is 6.01. The number of benzene rings is 1. The minimum absolute atomic E-state index is 0.0987. The molecule has 104 valence electrons. The van der Waals surface area contributed by atoms with Gasteiger partial charge in [-0.1, -0.05) is 30.5 Å². The van der Waals surface area contributed by atoms with Gasteiger partial charge in [-0.15, -0.1) is 0 Å². The Morgan fingerprint density at radius 3 is 2.79 bits per heavy atom. The van der Waals surface area contributed by atoms with E-state index < -0.39 is 4.92 Å². The predicted octanol–water partition coefficient (Wildman–Crippen LogP) is 3.29. The molecular formula is C13H17ClN2O3. The molecule has 2 atom stereocenters. The molecule has 6 heteroatoms. The fourth-order valence-corrected chi connectivity index (χ4v) is 2.57. The number of nitrogens with two attached hydrogens (primary N) is 1. The van der Waals surface area contributed by atoms with Crippen molar-refractivity contribution in [2.75, 3.05) is 0 Å². The highest BCUT2D eigenvalue weighted by Gasteiger charge is 2.26. The van der Waals surface area contributed by atoms with Gasteiger partial charge in [0.1, 0.15) is 6.10 Å². The quantitative estimate of drug-likeness (QED) is 0.525. The summed E-state index contributed by atoms with van der Waals surface area (Å²) in [6.07, 6.45) is 4.70. The molecule has 2 N–H and O–H groups in total. The van der Waals surface area contributed by atoms with Crippen molar-refractivity contribution in [1.29, 1.82) is 0 Å². The molecular weight excluding hydrogens is 268 g/mol. The van der Waals surface area contributed by atoms with Crippen molar-refractivity contribution < 1.29 is 9.66 Å². The van der Waals surface area contributed by atoms with Crippen LogP contribution in [0.4, 0.5) is 5.69 Å². The van der Waals surface area contributed by atoms with Crippen LogP contribution < -0.4 is 10.5 Å². The lowest BCUT2D eigenvalue weighted by Crippen LogP contribution is -2.38. The zero-order valence-electron chi connectivity index (χ0n) is 10.5. The number of halogens is 1. The van der Waals surface area contributed by atoms with E-state index in [4.69, 9.17) is 22.1 Å². The minimum atomic E-state index is -0.483. The number of ether oxygens (including phenoxy) is 1. The summed E-state index contributed by atoms with van der Waals surface area (Å²) in [7, 11) is 0. The summed E-state index contributed by atoms with van der Waals surface area (Å²) in [5.41, 5.74) is 5.96. The lowest BCUT2D eigenvalue weighted by Gasteiger charge is -2.23. The lowest BCUT2D eigenvalue weighted by molar-refractivity contribution is -0.386. The Balaban J connectivity index is 2.24. The second kappa shape index (κ2) is 6.21. The topological polar surface area (TPSA) is 78.4 Å². The lowest BCUT2D eigenvalue weighted by atomic mass is 10.1. The van der Waals surface area contributed by atoms with Crippen molar-refractivity contribution in [3.63, 3.8) is 0 Å². The first-order valence-corrected chi connectivity index (χ1v) is 6.82. The first-order valence-electron chi connectivity index (χ1n) is 6.44. The Morgan fingerprint density at radius 2 is 2.05 bits per heavy atom. The van der Waals surface area contributed by atoms with Gasteiger partial charge in [0, 0.05) is 12.1 Å². The van der Waals surface area contributed by atoms with Gasteiger partial charge in [-0.05, 0) is 25.3 Å². The SMILES string of the molecule is NC1CCCCCC1Oc1c(Cl)cccc1[N+](=O)[O-]. The van der Waals surface area contributed by atoms with Gasteiger partial charge < -0.3 is 10.5 Å². The molecule has 0 radical (unpaired) electrons. The van der Waals surface area contributed by atoms with Gasteiger partial charge in [-0.3, -0.25) is 10.1 Å². The van der Waals surface area contributed by atoms with E-state index in [1.807, 2.05) is 0 Å². The van der Waals surface area contributed by atoms with Crippen LogP contribution in [0.2, 0.25) is 5.02 Å². The monoisotopic (exact) mass is 284 g/mol. The molecule has 1 aromatic rings. The number of nitrogens with zero attached hydrogens (tertiary/aromatic N) is 1. The van der Waals surface area contributed by atoms with Crippen LogP contribution in [0.25, 0.3) is 0 Å². The van der Waals surface area contributed by atoms with E-state index in [0.29, 0.717) is 0 Å². The summed E-state index contributed by atoms with van der Waals surface area (Å²) in [6, 6.07) is 4.42. The molecule has 1 fully saturated rings. The molecule has 0 aromatic heterocycles. The Labute approximate surface area is 116 Å². The molecule has 2 unspecified atom stereocenters.